The van der Waals surface area contributed by atoms with Crippen LogP contribution in [0, 0.1) is 5.92 Å². The first kappa shape index (κ1) is 42.9. The summed E-state index contributed by atoms with van der Waals surface area (Å²) in [5.41, 5.74) is 7.74. The van der Waals surface area contributed by atoms with Crippen molar-refractivity contribution in [3.63, 3.8) is 0 Å². The average Bonchev–Trinajstić information content (AvgIpc) is 4.16. The topological polar surface area (TPSA) is 168 Å². The van der Waals surface area contributed by atoms with Crippen LogP contribution in [0.4, 0.5) is 9.59 Å². The van der Waals surface area contributed by atoms with Gasteiger partial charge in [0.1, 0.15) is 17.9 Å². The van der Waals surface area contributed by atoms with Gasteiger partial charge in [-0.3, -0.25) is 14.6 Å². The normalized spacial score (nSPS) is 19.4. The first-order valence-electron chi connectivity index (χ1n) is 21.4. The Labute approximate surface area is 366 Å². The molecule has 2 fully saturated rings. The van der Waals surface area contributed by atoms with Gasteiger partial charge in [-0.05, 0) is 69.5 Å². The molecule has 0 aliphatic carbocycles. The highest BCUT2D eigenvalue weighted by molar-refractivity contribution is 6.04. The van der Waals surface area contributed by atoms with Crippen LogP contribution in [0.15, 0.2) is 108 Å². The number of nitrogens with one attached hydrogen (secondary N) is 3. The molecule has 0 saturated carbocycles. The number of nitrogens with zero attached hydrogens (tertiary/aromatic N) is 4. The highest BCUT2D eigenvalue weighted by atomic mass is 16.5. The van der Waals surface area contributed by atoms with Gasteiger partial charge in [0.25, 0.3) is 5.91 Å². The van der Waals surface area contributed by atoms with Gasteiger partial charge in [-0.1, -0.05) is 92.7 Å². The van der Waals surface area contributed by atoms with Gasteiger partial charge >= 0.3 is 12.2 Å². The zero-order chi connectivity index (χ0) is 44.2. The average molecular weight is 852 g/mol. The highest BCUT2D eigenvalue weighted by Crippen LogP contribution is 2.36. The fourth-order valence-corrected chi connectivity index (χ4v) is 8.95. The zero-order valence-electron chi connectivity index (χ0n) is 36.2. The molecule has 3 aliphatic rings. The molecule has 2 saturated heterocycles. The second kappa shape index (κ2) is 18.7. The fraction of sp³-hybridized carbons (Fsp3) is 0.347. The molecular weight excluding hydrogens is 799 g/mol. The number of amides is 4. The molecule has 0 bridgehead atoms. The van der Waals surface area contributed by atoms with Crippen LogP contribution in [0.25, 0.3) is 38.7 Å². The Morgan fingerprint density at radius 3 is 2.13 bits per heavy atom. The lowest BCUT2D eigenvalue weighted by Gasteiger charge is -2.30. The lowest BCUT2D eigenvalue weighted by atomic mass is 9.95. The van der Waals surface area contributed by atoms with Gasteiger partial charge in [0.05, 0.1) is 44.3 Å². The number of methoxy groups -OCH3 is 3. The van der Waals surface area contributed by atoms with Crippen LogP contribution in [-0.2, 0) is 23.8 Å². The highest BCUT2D eigenvalue weighted by Gasteiger charge is 2.43. The summed E-state index contributed by atoms with van der Waals surface area (Å²) in [6.07, 6.45) is 5.08. The van der Waals surface area contributed by atoms with Crippen LogP contribution < -0.4 is 10.6 Å². The van der Waals surface area contributed by atoms with E-state index in [2.05, 4.69) is 76.3 Å². The summed E-state index contributed by atoms with van der Waals surface area (Å²) in [7, 11) is 4.23. The third-order valence-electron chi connectivity index (χ3n) is 12.4. The molecule has 3 N–H and O–H groups in total. The molecule has 326 valence electrons. The molecule has 4 aromatic carbocycles. The van der Waals surface area contributed by atoms with E-state index >= 15 is 0 Å². The Balaban J connectivity index is 0.927. The number of imidazole rings is 1. The Bertz CT molecular complexity index is 2550. The van der Waals surface area contributed by atoms with Gasteiger partial charge in [-0.15, -0.1) is 0 Å². The number of carbonyl (C=O) groups excluding carboxylic acids is 4. The predicted molar refractivity (Wildman–Crippen MR) is 240 cm³/mol. The van der Waals surface area contributed by atoms with E-state index in [0.717, 1.165) is 62.8 Å². The number of aliphatic imine (C=N–C) groups is 1. The molecule has 3 aliphatic heterocycles. The van der Waals surface area contributed by atoms with Gasteiger partial charge in [0, 0.05) is 50.5 Å². The summed E-state index contributed by atoms with van der Waals surface area (Å²) in [6.45, 7) is 4.77. The third kappa shape index (κ3) is 9.08. The van der Waals surface area contributed by atoms with E-state index < -0.39 is 24.3 Å². The van der Waals surface area contributed by atoms with Crippen LogP contribution in [-0.4, -0.2) is 102 Å². The molecule has 63 heavy (non-hydrogen) atoms. The smallest absolute Gasteiger partial charge is 0.407 e. The summed E-state index contributed by atoms with van der Waals surface area (Å²) >= 11 is 0. The van der Waals surface area contributed by atoms with Crippen molar-refractivity contribution < 1.29 is 33.4 Å². The van der Waals surface area contributed by atoms with Gasteiger partial charge in [-0.25, -0.2) is 14.6 Å². The van der Waals surface area contributed by atoms with Crippen LogP contribution in [0.1, 0.15) is 68.6 Å². The number of hydrogen-bond donors (Lipinski definition) is 3. The number of likely N-dealkylation sites (tertiary alicyclic amines) is 2. The molecule has 1 aromatic heterocycles. The monoisotopic (exact) mass is 851 g/mol. The maximum atomic E-state index is 14.0. The number of alkyl carbamates (subject to hydrolysis) is 2. The van der Waals surface area contributed by atoms with Crippen LogP contribution in [0.2, 0.25) is 0 Å². The van der Waals surface area contributed by atoms with E-state index in [9.17, 15) is 19.2 Å². The summed E-state index contributed by atoms with van der Waals surface area (Å²) in [5.74, 6) is 0.185. The maximum Gasteiger partial charge on any atom is 0.407 e. The van der Waals surface area contributed by atoms with Crippen molar-refractivity contribution in [3.8, 4) is 22.4 Å². The molecule has 14 nitrogen and oxygen atoms in total. The first-order chi connectivity index (χ1) is 30.5. The quantitative estimate of drug-likeness (QED) is 0.114. The molecule has 4 amide bonds. The largest absolute Gasteiger partial charge is 0.453 e. The second-order valence-corrected chi connectivity index (χ2v) is 16.6. The van der Waals surface area contributed by atoms with E-state index in [1.54, 1.807) is 16.9 Å². The minimum Gasteiger partial charge on any atom is -0.453 e. The van der Waals surface area contributed by atoms with Crippen molar-refractivity contribution in [3.05, 3.63) is 120 Å². The van der Waals surface area contributed by atoms with Gasteiger partial charge in [0.2, 0.25) is 5.91 Å². The Morgan fingerprint density at radius 2 is 1.43 bits per heavy atom. The number of ether oxygens (including phenoxy) is 3. The minimum absolute atomic E-state index is 0.131. The number of fused-ring (bicyclic) bond motifs is 1. The van der Waals surface area contributed by atoms with E-state index in [1.165, 1.54) is 14.2 Å². The van der Waals surface area contributed by atoms with Crippen LogP contribution >= 0.6 is 0 Å². The zero-order valence-corrected chi connectivity index (χ0v) is 36.2. The van der Waals surface area contributed by atoms with Gasteiger partial charge in [-0.2, -0.15) is 0 Å². The molecule has 8 rings (SSSR count). The van der Waals surface area contributed by atoms with E-state index in [-0.39, 0.29) is 35.9 Å². The third-order valence-corrected chi connectivity index (χ3v) is 12.4. The molecule has 4 heterocycles. The van der Waals surface area contributed by atoms with Gasteiger partial charge < -0.3 is 39.6 Å². The van der Waals surface area contributed by atoms with Gasteiger partial charge in [0.15, 0.2) is 0 Å². The van der Waals surface area contributed by atoms with Crippen LogP contribution in [0.5, 0.6) is 0 Å². The number of aromatic amines is 1. The predicted octanol–water partition coefficient (Wildman–Crippen LogP) is 7.84. The van der Waals surface area contributed by atoms with Crippen molar-refractivity contribution in [1.82, 2.24) is 30.4 Å². The molecule has 0 spiro atoms. The summed E-state index contributed by atoms with van der Waals surface area (Å²) < 4.78 is 15.3. The Kier molecular flexibility index (Phi) is 12.7. The number of carbonyl (C=O) groups is 4. The first-order valence-corrected chi connectivity index (χ1v) is 21.4. The Morgan fingerprint density at radius 1 is 0.762 bits per heavy atom. The van der Waals surface area contributed by atoms with E-state index in [1.807, 2.05) is 56.6 Å². The number of H-pyrrole nitrogens is 1. The number of rotatable bonds is 12. The van der Waals surface area contributed by atoms with E-state index in [4.69, 9.17) is 24.2 Å². The summed E-state index contributed by atoms with van der Waals surface area (Å²) in [5, 5.41) is 7.61. The van der Waals surface area contributed by atoms with Crippen molar-refractivity contribution in [2.75, 3.05) is 34.4 Å². The molecular formula is C49H53N7O7. The molecule has 5 aromatic rings. The van der Waals surface area contributed by atoms with Crippen LogP contribution in [0.3, 0.4) is 0 Å². The molecule has 14 heteroatoms. The standard InChI is InChI=1S/C49H53N7O7/c1-29(2)43(53-48(59)62-4)46(57)56-28-38(61-3)25-42(56)39-24-37(26-50-39)31-15-13-30(14-16-31)33-17-18-35-23-36(20-19-34(35)22-33)40-27-51-45(52-40)41-12-9-21-55(41)47(58)44(54-49(60)63-5)32-10-7-6-8-11-32/h6-8,10-11,13-20,22-23,26-27,29,38,41-44H,9,12,21,24-25,28H2,1-5H3,(H,51,52)(H,53,59)(H,54,60)/t38-,41-,42-,43-,44+/m0/s1. The Hall–Kier alpha value is -6.80. The summed E-state index contributed by atoms with van der Waals surface area (Å²) in [4.78, 5) is 68.7. The minimum atomic E-state index is -0.883. The number of allylic oxidation sites excluding steroid dienone is 1. The number of hydrogen-bond acceptors (Lipinski definition) is 9. The molecule has 0 radical (unpaired) electrons. The summed E-state index contributed by atoms with van der Waals surface area (Å²) in [6, 6.07) is 28.3. The molecule has 0 unspecified atom stereocenters. The van der Waals surface area contributed by atoms with Crippen molar-refractivity contribution in [2.24, 2.45) is 10.9 Å². The van der Waals surface area contributed by atoms with Crippen molar-refractivity contribution >= 4 is 46.1 Å². The molecule has 5 atom stereocenters. The van der Waals surface area contributed by atoms with Crippen molar-refractivity contribution in [2.45, 2.75) is 69.8 Å². The SMILES string of the molecule is COC(=O)N[C@H](C(=O)N1C[C@@H](OC)C[C@H]1C1=NC=C(c2ccc(-c3ccc4cc(-c5cnc([C@@H]6CCCN6C(=O)[C@H](NC(=O)OC)c6ccccc6)[nH]5)ccc4c3)cc2)C1)C(C)C. The van der Waals surface area contributed by atoms with E-state index in [0.29, 0.717) is 37.3 Å². The van der Waals surface area contributed by atoms with Crippen molar-refractivity contribution in [1.29, 1.82) is 0 Å². The lowest BCUT2D eigenvalue weighted by molar-refractivity contribution is -0.135. The number of aromatic nitrogens is 2. The number of benzene rings is 4. The lowest BCUT2D eigenvalue weighted by Crippen LogP contribution is -2.53. The maximum absolute atomic E-state index is 14.0. The fourth-order valence-electron chi connectivity index (χ4n) is 8.95. The second-order valence-electron chi connectivity index (χ2n) is 16.6.